The smallest absolute Gasteiger partial charge is 0.0973 e. The molecule has 3 aromatic carbocycles. The highest BCUT2D eigenvalue weighted by Crippen LogP contribution is 2.31. The zero-order valence-corrected chi connectivity index (χ0v) is 22.5. The third-order valence-corrected chi connectivity index (χ3v) is 6.52. The van der Waals surface area contributed by atoms with Crippen molar-refractivity contribution in [3.63, 3.8) is 0 Å². The highest BCUT2D eigenvalue weighted by atomic mass is 14.8. The molecule has 0 spiro atoms. The molecule has 5 aromatic rings. The maximum atomic E-state index is 5.04. The molecule has 0 unspecified atom stereocenters. The zero-order chi connectivity index (χ0) is 27.2. The van der Waals surface area contributed by atoms with Gasteiger partial charge < -0.3 is 0 Å². The van der Waals surface area contributed by atoms with Gasteiger partial charge in [0.25, 0.3) is 0 Å². The average molecular weight is 507 g/mol. The van der Waals surface area contributed by atoms with Crippen LogP contribution in [0.5, 0.6) is 0 Å². The van der Waals surface area contributed by atoms with Gasteiger partial charge in [-0.3, -0.25) is 0 Å². The monoisotopic (exact) mass is 506 g/mol. The number of aromatic nitrogens is 4. The third-order valence-electron chi connectivity index (χ3n) is 6.52. The Hall–Kier alpha value is -4.96. The van der Waals surface area contributed by atoms with Crippen molar-refractivity contribution in [2.45, 2.75) is 20.8 Å². The summed E-state index contributed by atoms with van der Waals surface area (Å²) in [6.07, 6.45) is 9.62. The Morgan fingerprint density at radius 2 is 0.744 bits per heavy atom. The van der Waals surface area contributed by atoms with E-state index in [1.165, 1.54) is 0 Å². The molecule has 0 saturated carbocycles. The Bertz CT molecular complexity index is 1870. The van der Waals surface area contributed by atoms with Gasteiger partial charge in [-0.2, -0.15) is 0 Å². The Morgan fingerprint density at radius 3 is 1.08 bits per heavy atom. The molecule has 5 rings (SSSR count). The molecule has 0 atom stereocenters. The van der Waals surface area contributed by atoms with Crippen molar-refractivity contribution in [1.29, 1.82) is 0 Å². The summed E-state index contributed by atoms with van der Waals surface area (Å²) in [5.74, 6) is 0. The molecule has 0 amide bonds. The fourth-order valence-electron chi connectivity index (χ4n) is 4.58. The maximum Gasteiger partial charge on any atom is 0.0973 e. The molecule has 0 bridgehead atoms. The largest absolute Gasteiger partial charge is 0.244 e. The number of hydrogen-bond donors (Lipinski definition) is 0. The molecular weight excluding hydrogens is 476 g/mol. The lowest BCUT2D eigenvalue weighted by Crippen LogP contribution is -2.32. The van der Waals surface area contributed by atoms with Gasteiger partial charge in [-0.15, -0.1) is 0 Å². The first-order valence-corrected chi connectivity index (χ1v) is 13.1. The van der Waals surface area contributed by atoms with Gasteiger partial charge in [0.1, 0.15) is 0 Å². The summed E-state index contributed by atoms with van der Waals surface area (Å²) in [5, 5.41) is 3.36. The van der Waals surface area contributed by atoms with Crippen LogP contribution in [-0.2, 0) is 0 Å². The van der Waals surface area contributed by atoms with Crippen LogP contribution in [0, 0.1) is 0 Å². The minimum Gasteiger partial charge on any atom is -0.244 e. The van der Waals surface area contributed by atoms with Crippen LogP contribution in [0.1, 0.15) is 20.8 Å². The fraction of sp³-hybridized carbons (Fsp3) is 0.0857. The van der Waals surface area contributed by atoms with E-state index in [-0.39, 0.29) is 0 Å². The van der Waals surface area contributed by atoms with Gasteiger partial charge in [-0.05, 0) is 26.8 Å². The van der Waals surface area contributed by atoms with Crippen LogP contribution in [0.4, 0.5) is 0 Å². The Morgan fingerprint density at radius 1 is 0.436 bits per heavy atom. The minimum atomic E-state index is 0.790. The molecule has 0 saturated heterocycles. The number of allylic oxidation sites excluding steroid dienone is 1. The first kappa shape index (κ1) is 25.7. The van der Waals surface area contributed by atoms with E-state index < -0.39 is 0 Å². The molecule has 2 heterocycles. The summed E-state index contributed by atoms with van der Waals surface area (Å²) in [7, 11) is 0. The highest BCUT2D eigenvalue weighted by Gasteiger charge is 2.15. The lowest BCUT2D eigenvalue weighted by Gasteiger charge is -2.12. The molecule has 0 aliphatic rings. The predicted molar refractivity (Wildman–Crippen MR) is 163 cm³/mol. The van der Waals surface area contributed by atoms with Crippen molar-refractivity contribution in [3.05, 3.63) is 119 Å². The molecule has 0 fully saturated rings. The van der Waals surface area contributed by atoms with Crippen LogP contribution in [0.25, 0.3) is 69.3 Å². The number of hydrogen-bond acceptors (Lipinski definition) is 4. The maximum absolute atomic E-state index is 5.04. The second-order valence-electron chi connectivity index (χ2n) is 8.96. The first-order valence-electron chi connectivity index (χ1n) is 13.1. The van der Waals surface area contributed by atoms with Crippen molar-refractivity contribution in [2.75, 3.05) is 0 Å². The quantitative estimate of drug-likeness (QED) is 0.325. The summed E-state index contributed by atoms with van der Waals surface area (Å²) < 4.78 is 0. The van der Waals surface area contributed by atoms with Gasteiger partial charge in [0, 0.05) is 22.3 Å². The average Bonchev–Trinajstić information content (AvgIpc) is 3.01. The van der Waals surface area contributed by atoms with Gasteiger partial charge in [-0.1, -0.05) is 116 Å². The van der Waals surface area contributed by atoms with E-state index >= 15 is 0 Å². The van der Waals surface area contributed by atoms with E-state index in [9.17, 15) is 0 Å². The van der Waals surface area contributed by atoms with Gasteiger partial charge >= 0.3 is 0 Å². The molecule has 2 aromatic heterocycles. The van der Waals surface area contributed by atoms with E-state index in [1.807, 2.05) is 81.5 Å². The van der Waals surface area contributed by atoms with E-state index in [0.29, 0.717) is 0 Å². The second kappa shape index (κ2) is 11.6. The summed E-state index contributed by atoms with van der Waals surface area (Å²) in [6, 6.07) is 28.7. The van der Waals surface area contributed by atoms with Crippen molar-refractivity contribution < 1.29 is 0 Å². The second-order valence-corrected chi connectivity index (χ2v) is 8.96. The third kappa shape index (κ3) is 5.23. The van der Waals surface area contributed by atoms with Crippen LogP contribution in [0.2, 0.25) is 0 Å². The van der Waals surface area contributed by atoms with Crippen molar-refractivity contribution in [1.82, 2.24) is 19.9 Å². The highest BCUT2D eigenvalue weighted by molar-refractivity contribution is 5.82. The van der Waals surface area contributed by atoms with E-state index in [2.05, 4.69) is 55.1 Å². The molecule has 0 aliphatic carbocycles. The normalized spacial score (nSPS) is 13.2. The van der Waals surface area contributed by atoms with Gasteiger partial charge in [-0.25, -0.2) is 19.9 Å². The molecule has 4 heteroatoms. The first-order chi connectivity index (χ1) is 19.2. The van der Waals surface area contributed by atoms with Crippen LogP contribution in [-0.4, -0.2) is 19.9 Å². The SMILES string of the molecule is C=C/C=c1/nc(-c2ccc(-c3nc(=C/C)/c(=C\C)nc3-c3ccccc3)cc2)c(-c2ccccc2)n/c1=C/C. The summed E-state index contributed by atoms with van der Waals surface area (Å²) in [4.78, 5) is 20.1. The van der Waals surface area contributed by atoms with Crippen molar-refractivity contribution in [3.8, 4) is 45.0 Å². The van der Waals surface area contributed by atoms with Crippen molar-refractivity contribution in [2.24, 2.45) is 0 Å². The van der Waals surface area contributed by atoms with Crippen LogP contribution < -0.4 is 21.4 Å². The number of nitrogens with zero attached hydrogens (tertiary/aromatic N) is 4. The Kier molecular flexibility index (Phi) is 7.65. The molecule has 4 nitrogen and oxygen atoms in total. The zero-order valence-electron chi connectivity index (χ0n) is 22.5. The van der Waals surface area contributed by atoms with Crippen LogP contribution >= 0.6 is 0 Å². The summed E-state index contributed by atoms with van der Waals surface area (Å²) in [5.41, 5.74) is 7.37. The summed E-state index contributed by atoms with van der Waals surface area (Å²) >= 11 is 0. The molecule has 0 aliphatic heterocycles. The standard InChI is InChI=1S/C35H30N4/c1-5-15-31-30(8-4)38-33(25-18-13-10-14-19-25)35(39-31)27-22-20-26(21-23-27)34-32(24-16-11-9-12-17-24)36-28(6-2)29(7-3)37-34/h5-23H,1H2,2-4H3/b28-6+,29-7+,30-8+,31-15+. The molecule has 39 heavy (non-hydrogen) atoms. The molecule has 0 radical (unpaired) electrons. The van der Waals surface area contributed by atoms with Gasteiger partial charge in [0.15, 0.2) is 0 Å². The molecule has 190 valence electrons. The van der Waals surface area contributed by atoms with Gasteiger partial charge in [0.2, 0.25) is 0 Å². The van der Waals surface area contributed by atoms with Crippen LogP contribution in [0.15, 0.2) is 97.6 Å². The minimum absolute atomic E-state index is 0.790. The van der Waals surface area contributed by atoms with E-state index in [4.69, 9.17) is 19.9 Å². The summed E-state index contributed by atoms with van der Waals surface area (Å²) in [6.45, 7) is 9.82. The Labute approximate surface area is 228 Å². The van der Waals surface area contributed by atoms with Crippen LogP contribution in [0.3, 0.4) is 0 Å². The number of rotatable bonds is 5. The lowest BCUT2D eigenvalue weighted by atomic mass is 9.99. The van der Waals surface area contributed by atoms with Gasteiger partial charge in [0.05, 0.1) is 44.2 Å². The Balaban J connectivity index is 1.71. The van der Waals surface area contributed by atoms with Crippen molar-refractivity contribution >= 4 is 24.3 Å². The van der Waals surface area contributed by atoms with E-state index in [1.54, 1.807) is 6.08 Å². The fourth-order valence-corrected chi connectivity index (χ4v) is 4.58. The lowest BCUT2D eigenvalue weighted by molar-refractivity contribution is 1.10. The molecular formula is C35H30N4. The molecule has 0 N–H and O–H groups in total. The van der Waals surface area contributed by atoms with E-state index in [0.717, 1.165) is 66.4 Å². The number of benzene rings is 3. The topological polar surface area (TPSA) is 51.6 Å². The predicted octanol–water partition coefficient (Wildman–Crippen LogP) is 5.30.